The second kappa shape index (κ2) is 8.30. The Labute approximate surface area is 166 Å². The van der Waals surface area contributed by atoms with Crippen molar-refractivity contribution in [3.63, 3.8) is 0 Å². The minimum absolute atomic E-state index is 0.201. The van der Waals surface area contributed by atoms with Gasteiger partial charge in [0.15, 0.2) is 5.82 Å². The Morgan fingerprint density at radius 2 is 2.07 bits per heavy atom. The lowest BCUT2D eigenvalue weighted by Crippen LogP contribution is -2.43. The second-order valence-electron chi connectivity index (χ2n) is 7.76. The van der Waals surface area contributed by atoms with E-state index in [1.165, 1.54) is 4.31 Å². The van der Waals surface area contributed by atoms with E-state index in [9.17, 15) is 8.42 Å². The molecule has 3 rings (SSSR count). The third-order valence-corrected chi connectivity index (χ3v) is 7.04. The van der Waals surface area contributed by atoms with Crippen LogP contribution in [0.4, 0.5) is 0 Å². The van der Waals surface area contributed by atoms with Crippen LogP contribution in [0, 0.1) is 19.8 Å². The number of hydrogen-bond acceptors (Lipinski definition) is 7. The number of ether oxygens (including phenoxy) is 1. The summed E-state index contributed by atoms with van der Waals surface area (Å²) in [6.07, 6.45) is 2.07. The van der Waals surface area contributed by atoms with E-state index in [1.54, 1.807) is 25.6 Å². The third-order valence-electron chi connectivity index (χ3n) is 4.92. The summed E-state index contributed by atoms with van der Waals surface area (Å²) in [6, 6.07) is 0. The van der Waals surface area contributed by atoms with Crippen molar-refractivity contribution in [2.24, 2.45) is 13.0 Å². The predicted molar refractivity (Wildman–Crippen MR) is 102 cm³/mol. The highest BCUT2D eigenvalue weighted by Crippen LogP contribution is 2.26. The van der Waals surface area contributed by atoms with E-state index in [1.807, 2.05) is 0 Å². The Balaban J connectivity index is 1.64. The van der Waals surface area contributed by atoms with Gasteiger partial charge < -0.3 is 9.26 Å². The highest BCUT2D eigenvalue weighted by Gasteiger charge is 2.34. The molecule has 0 spiro atoms. The van der Waals surface area contributed by atoms with Crippen LogP contribution in [0.3, 0.4) is 0 Å². The molecule has 0 aliphatic carbocycles. The molecular formula is C18H29N5O4S. The maximum Gasteiger partial charge on any atom is 0.246 e. The van der Waals surface area contributed by atoms with Gasteiger partial charge in [0.05, 0.1) is 17.5 Å². The van der Waals surface area contributed by atoms with E-state index in [2.05, 4.69) is 29.1 Å². The number of aryl methyl sites for hydroxylation is 2. The van der Waals surface area contributed by atoms with Gasteiger partial charge >= 0.3 is 0 Å². The van der Waals surface area contributed by atoms with Crippen LogP contribution in [-0.4, -0.2) is 51.8 Å². The fourth-order valence-electron chi connectivity index (χ4n) is 3.49. The molecule has 2 aromatic heterocycles. The first-order valence-corrected chi connectivity index (χ1v) is 11.1. The van der Waals surface area contributed by atoms with E-state index in [4.69, 9.17) is 9.26 Å². The quantitative estimate of drug-likeness (QED) is 0.686. The molecule has 1 unspecified atom stereocenters. The van der Waals surface area contributed by atoms with Crippen molar-refractivity contribution in [1.82, 2.24) is 24.2 Å². The van der Waals surface area contributed by atoms with E-state index in [0.29, 0.717) is 47.0 Å². The van der Waals surface area contributed by atoms with Crippen LogP contribution in [-0.2, 0) is 34.8 Å². The molecule has 0 bridgehead atoms. The Morgan fingerprint density at radius 1 is 1.32 bits per heavy atom. The van der Waals surface area contributed by atoms with Gasteiger partial charge in [-0.1, -0.05) is 19.0 Å². The van der Waals surface area contributed by atoms with Crippen LogP contribution < -0.4 is 0 Å². The van der Waals surface area contributed by atoms with Gasteiger partial charge in [-0.2, -0.15) is 14.4 Å². The fraction of sp³-hybridized carbons (Fsp3) is 0.722. The standard InChI is InChI=1S/C18H29N5O4S/c1-12(2)9-17-19-16(21-27-17)11-26-15-7-6-8-23(10-15)28(24,25)18-13(3)20-22(5)14(18)4/h12,15H,6-11H2,1-5H3. The molecule has 1 fully saturated rings. The minimum Gasteiger partial charge on any atom is -0.369 e. The number of sulfonamides is 1. The summed E-state index contributed by atoms with van der Waals surface area (Å²) in [5.74, 6) is 1.53. The molecule has 1 atom stereocenters. The SMILES string of the molecule is Cc1nn(C)c(C)c1S(=O)(=O)N1CCCC(OCc2noc(CC(C)C)n2)C1. The molecule has 0 amide bonds. The summed E-state index contributed by atoms with van der Waals surface area (Å²) >= 11 is 0. The van der Waals surface area contributed by atoms with Gasteiger partial charge in [-0.05, 0) is 32.6 Å². The van der Waals surface area contributed by atoms with Gasteiger partial charge in [-0.25, -0.2) is 8.42 Å². The van der Waals surface area contributed by atoms with Crippen molar-refractivity contribution < 1.29 is 17.7 Å². The van der Waals surface area contributed by atoms with Crippen molar-refractivity contribution in [1.29, 1.82) is 0 Å². The maximum atomic E-state index is 13.1. The van der Waals surface area contributed by atoms with E-state index in [-0.39, 0.29) is 12.7 Å². The molecule has 0 saturated carbocycles. The molecule has 2 aromatic rings. The highest BCUT2D eigenvalue weighted by molar-refractivity contribution is 7.89. The molecule has 10 heteroatoms. The zero-order valence-electron chi connectivity index (χ0n) is 17.2. The molecule has 0 N–H and O–H groups in total. The summed E-state index contributed by atoms with van der Waals surface area (Å²) < 4.78 is 40.5. The van der Waals surface area contributed by atoms with Crippen LogP contribution in [0.2, 0.25) is 0 Å². The van der Waals surface area contributed by atoms with Crippen LogP contribution in [0.15, 0.2) is 9.42 Å². The van der Waals surface area contributed by atoms with Crippen molar-refractivity contribution in [3.05, 3.63) is 23.1 Å². The number of piperidine rings is 1. The average molecular weight is 412 g/mol. The lowest BCUT2D eigenvalue weighted by Gasteiger charge is -2.31. The molecule has 1 aliphatic heterocycles. The summed E-state index contributed by atoms with van der Waals surface area (Å²) in [5.41, 5.74) is 1.16. The first-order chi connectivity index (χ1) is 13.2. The molecule has 28 heavy (non-hydrogen) atoms. The first-order valence-electron chi connectivity index (χ1n) is 9.62. The molecule has 1 saturated heterocycles. The van der Waals surface area contributed by atoms with Gasteiger partial charge in [-0.3, -0.25) is 4.68 Å². The number of rotatable bonds is 7. The van der Waals surface area contributed by atoms with Crippen molar-refractivity contribution in [2.75, 3.05) is 13.1 Å². The number of aromatic nitrogens is 4. The molecule has 156 valence electrons. The van der Waals surface area contributed by atoms with Crippen LogP contribution in [0.5, 0.6) is 0 Å². The molecule has 0 aromatic carbocycles. The first kappa shape index (κ1) is 20.9. The highest BCUT2D eigenvalue weighted by atomic mass is 32.2. The largest absolute Gasteiger partial charge is 0.369 e. The van der Waals surface area contributed by atoms with E-state index < -0.39 is 10.0 Å². The predicted octanol–water partition coefficient (Wildman–Crippen LogP) is 1.99. The Morgan fingerprint density at radius 3 is 2.71 bits per heavy atom. The normalized spacial score (nSPS) is 18.9. The van der Waals surface area contributed by atoms with Gasteiger partial charge in [0.1, 0.15) is 11.5 Å². The van der Waals surface area contributed by atoms with Crippen LogP contribution in [0.25, 0.3) is 0 Å². The van der Waals surface area contributed by atoms with E-state index in [0.717, 1.165) is 19.3 Å². The molecule has 1 aliphatic rings. The van der Waals surface area contributed by atoms with Crippen molar-refractivity contribution in [2.45, 2.75) is 64.6 Å². The van der Waals surface area contributed by atoms with E-state index >= 15 is 0 Å². The smallest absolute Gasteiger partial charge is 0.246 e. The zero-order valence-corrected chi connectivity index (χ0v) is 18.0. The van der Waals surface area contributed by atoms with Gasteiger partial charge in [0.25, 0.3) is 0 Å². The Kier molecular flexibility index (Phi) is 6.21. The lowest BCUT2D eigenvalue weighted by atomic mass is 10.1. The third kappa shape index (κ3) is 4.44. The van der Waals surface area contributed by atoms with Gasteiger partial charge in [0, 0.05) is 26.6 Å². The molecule has 0 radical (unpaired) electrons. The average Bonchev–Trinajstić information content (AvgIpc) is 3.16. The Hall–Kier alpha value is -1.78. The second-order valence-corrected chi connectivity index (χ2v) is 9.64. The number of hydrogen-bond donors (Lipinski definition) is 0. The molecule has 3 heterocycles. The molecular weight excluding hydrogens is 382 g/mol. The summed E-state index contributed by atoms with van der Waals surface area (Å²) in [4.78, 5) is 4.63. The number of nitrogens with zero attached hydrogens (tertiary/aromatic N) is 5. The molecule has 9 nitrogen and oxygen atoms in total. The summed E-state index contributed by atoms with van der Waals surface area (Å²) in [7, 11) is -1.86. The minimum atomic E-state index is -3.61. The lowest BCUT2D eigenvalue weighted by molar-refractivity contribution is 0.00437. The van der Waals surface area contributed by atoms with Crippen LogP contribution >= 0.6 is 0 Å². The fourth-order valence-corrected chi connectivity index (χ4v) is 5.40. The van der Waals surface area contributed by atoms with Gasteiger partial charge in [-0.15, -0.1) is 0 Å². The van der Waals surface area contributed by atoms with Crippen LogP contribution in [0.1, 0.15) is 49.8 Å². The monoisotopic (exact) mass is 411 g/mol. The summed E-state index contributed by atoms with van der Waals surface area (Å²) in [6.45, 7) is 8.68. The topological polar surface area (TPSA) is 103 Å². The Bertz CT molecular complexity index is 919. The van der Waals surface area contributed by atoms with Crippen molar-refractivity contribution in [3.8, 4) is 0 Å². The maximum absolute atomic E-state index is 13.1. The van der Waals surface area contributed by atoms with Crippen molar-refractivity contribution >= 4 is 10.0 Å². The van der Waals surface area contributed by atoms with Gasteiger partial charge in [0.2, 0.25) is 15.9 Å². The zero-order chi connectivity index (χ0) is 20.5. The summed E-state index contributed by atoms with van der Waals surface area (Å²) in [5, 5.41) is 8.18.